The van der Waals surface area contributed by atoms with Crippen LogP contribution in [-0.4, -0.2) is 28.2 Å². The molecule has 0 aromatic carbocycles. The van der Waals surface area contributed by atoms with Crippen molar-refractivity contribution in [2.24, 2.45) is 27.1 Å². The minimum absolute atomic E-state index is 0.109. The molecule has 0 aromatic rings. The van der Waals surface area contributed by atoms with E-state index < -0.39 is 0 Å². The first-order valence-corrected chi connectivity index (χ1v) is 10.3. The average Bonchev–Trinajstić information content (AvgIpc) is 2.91. The monoisotopic (exact) mass is 381 g/mol. The standard InChI is InChI=1S/C20H32BrNO/c1-16(2)9-13-10-18(5,11-16)12-22(13)15(23)20-8-7-19(6,14(20)21)17(20,3)4/h13-14H,7-12H2,1-6H3. The third-order valence-electron chi connectivity index (χ3n) is 8.63. The number of carbonyl (C=O) groups is 1. The first-order chi connectivity index (χ1) is 10.4. The Morgan fingerprint density at radius 2 is 1.70 bits per heavy atom. The molecule has 0 spiro atoms. The van der Waals surface area contributed by atoms with Gasteiger partial charge >= 0.3 is 0 Å². The zero-order chi connectivity index (χ0) is 17.1. The van der Waals surface area contributed by atoms with Crippen LogP contribution in [0.4, 0.5) is 0 Å². The maximum Gasteiger partial charge on any atom is 0.230 e. The molecule has 4 saturated carbocycles. The number of alkyl halides is 1. The van der Waals surface area contributed by atoms with Crippen LogP contribution in [0.25, 0.3) is 0 Å². The third-order valence-corrected chi connectivity index (χ3v) is 10.4. The second kappa shape index (κ2) is 4.19. The molecule has 4 bridgehead atoms. The molecule has 0 N–H and O–H groups in total. The van der Waals surface area contributed by atoms with Crippen molar-refractivity contribution in [1.82, 2.24) is 4.90 Å². The highest BCUT2D eigenvalue weighted by molar-refractivity contribution is 9.09. The quantitative estimate of drug-likeness (QED) is 0.584. The lowest BCUT2D eigenvalue weighted by Gasteiger charge is -2.65. The predicted octanol–water partition coefficient (Wildman–Crippen LogP) is 5.00. The number of carbonyl (C=O) groups excluding carboxylic acids is 1. The van der Waals surface area contributed by atoms with Gasteiger partial charge in [-0.3, -0.25) is 4.79 Å². The Hall–Kier alpha value is -0.0500. The zero-order valence-electron chi connectivity index (χ0n) is 15.6. The summed E-state index contributed by atoms with van der Waals surface area (Å²) >= 11 is 3.95. The van der Waals surface area contributed by atoms with Crippen molar-refractivity contribution in [2.75, 3.05) is 6.54 Å². The fourth-order valence-corrected chi connectivity index (χ4v) is 9.18. The molecule has 0 radical (unpaired) electrons. The number of halogens is 1. The van der Waals surface area contributed by atoms with E-state index in [4.69, 9.17) is 0 Å². The minimum Gasteiger partial charge on any atom is -0.339 e. The zero-order valence-corrected chi connectivity index (χ0v) is 17.2. The number of fused-ring (bicyclic) bond motifs is 3. The van der Waals surface area contributed by atoms with Gasteiger partial charge in [-0.1, -0.05) is 57.5 Å². The summed E-state index contributed by atoms with van der Waals surface area (Å²) in [6.45, 7) is 15.2. The number of nitrogens with zero attached hydrogens (tertiary/aromatic N) is 1. The Kier molecular flexibility index (Phi) is 2.99. The molecule has 0 aromatic heterocycles. The molecule has 1 aliphatic heterocycles. The second-order valence-corrected chi connectivity index (χ2v) is 11.9. The summed E-state index contributed by atoms with van der Waals surface area (Å²) < 4.78 is 0. The lowest BCUT2D eigenvalue weighted by molar-refractivity contribution is -0.174. The average molecular weight is 382 g/mol. The molecule has 130 valence electrons. The van der Waals surface area contributed by atoms with Gasteiger partial charge in [-0.15, -0.1) is 0 Å². The van der Waals surface area contributed by atoms with Crippen molar-refractivity contribution in [3.8, 4) is 0 Å². The molecule has 5 rings (SSSR count). The summed E-state index contributed by atoms with van der Waals surface area (Å²) in [7, 11) is 0. The topological polar surface area (TPSA) is 20.3 Å². The van der Waals surface area contributed by atoms with E-state index in [0.29, 0.717) is 27.6 Å². The molecular weight excluding hydrogens is 350 g/mol. The molecule has 1 amide bonds. The van der Waals surface area contributed by atoms with Crippen molar-refractivity contribution in [3.63, 3.8) is 0 Å². The summed E-state index contributed by atoms with van der Waals surface area (Å²) in [6, 6.07) is 0.466. The van der Waals surface area contributed by atoms with E-state index in [1.54, 1.807) is 0 Å². The fourth-order valence-electron chi connectivity index (χ4n) is 7.38. The van der Waals surface area contributed by atoms with Crippen LogP contribution in [0.1, 0.15) is 73.6 Å². The van der Waals surface area contributed by atoms with Gasteiger partial charge in [0.1, 0.15) is 0 Å². The number of hydrogen-bond donors (Lipinski definition) is 0. The van der Waals surface area contributed by atoms with E-state index in [1.165, 1.54) is 25.7 Å². The van der Waals surface area contributed by atoms with Crippen molar-refractivity contribution in [3.05, 3.63) is 0 Å². The Balaban J connectivity index is 1.67. The van der Waals surface area contributed by atoms with Crippen molar-refractivity contribution >= 4 is 21.8 Å². The van der Waals surface area contributed by atoms with Crippen LogP contribution in [0, 0.1) is 27.1 Å². The van der Waals surface area contributed by atoms with Gasteiger partial charge in [0.05, 0.1) is 5.41 Å². The number of rotatable bonds is 1. The van der Waals surface area contributed by atoms with E-state index >= 15 is 0 Å². The number of hydrogen-bond acceptors (Lipinski definition) is 1. The van der Waals surface area contributed by atoms with Gasteiger partial charge < -0.3 is 4.90 Å². The van der Waals surface area contributed by atoms with Crippen LogP contribution in [0.15, 0.2) is 0 Å². The molecule has 5 atom stereocenters. The molecule has 23 heavy (non-hydrogen) atoms. The highest BCUT2D eigenvalue weighted by Gasteiger charge is 2.81. The van der Waals surface area contributed by atoms with Gasteiger partial charge in [0, 0.05) is 17.4 Å². The molecule has 1 saturated heterocycles. The van der Waals surface area contributed by atoms with Crippen molar-refractivity contribution in [1.29, 1.82) is 0 Å². The first kappa shape index (κ1) is 16.4. The molecule has 2 nitrogen and oxygen atoms in total. The number of amides is 1. The molecule has 5 aliphatic rings. The smallest absolute Gasteiger partial charge is 0.230 e. The van der Waals surface area contributed by atoms with Gasteiger partial charge in [-0.2, -0.15) is 0 Å². The highest BCUT2D eigenvalue weighted by atomic mass is 79.9. The highest BCUT2D eigenvalue weighted by Crippen LogP contribution is 2.80. The van der Waals surface area contributed by atoms with Crippen molar-refractivity contribution < 1.29 is 4.79 Å². The van der Waals surface area contributed by atoms with Gasteiger partial charge in [-0.25, -0.2) is 0 Å². The predicted molar refractivity (Wildman–Crippen MR) is 97.5 cm³/mol. The van der Waals surface area contributed by atoms with Gasteiger partial charge in [0.15, 0.2) is 0 Å². The molecule has 1 heterocycles. The summed E-state index contributed by atoms with van der Waals surface area (Å²) in [4.78, 5) is 16.4. The number of likely N-dealkylation sites (tertiary alicyclic amines) is 1. The lowest BCUT2D eigenvalue weighted by Crippen LogP contribution is -2.69. The maximum absolute atomic E-state index is 13.8. The summed E-state index contributed by atoms with van der Waals surface area (Å²) in [5.41, 5.74) is 0.923. The van der Waals surface area contributed by atoms with E-state index in [-0.39, 0.29) is 16.2 Å². The SMILES string of the molecule is CC1(C)CC2CC(C)(CN2C(=O)C23CCC(C)(C2Br)C3(C)C)C1. The first-order valence-electron chi connectivity index (χ1n) is 9.34. The van der Waals surface area contributed by atoms with E-state index in [1.807, 2.05) is 0 Å². The van der Waals surface area contributed by atoms with E-state index in [9.17, 15) is 4.79 Å². The second-order valence-electron chi connectivity index (χ2n) is 11.0. The molecule has 4 aliphatic carbocycles. The van der Waals surface area contributed by atoms with Crippen LogP contribution >= 0.6 is 15.9 Å². The van der Waals surface area contributed by atoms with Crippen LogP contribution in [0.2, 0.25) is 0 Å². The van der Waals surface area contributed by atoms with E-state index in [2.05, 4.69) is 62.4 Å². The normalized spacial score (nSPS) is 52.4. The summed E-state index contributed by atoms with van der Waals surface area (Å²) in [5, 5.41) is 0. The third kappa shape index (κ3) is 1.69. The van der Waals surface area contributed by atoms with E-state index in [0.717, 1.165) is 13.0 Å². The molecule has 5 fully saturated rings. The van der Waals surface area contributed by atoms with Crippen LogP contribution < -0.4 is 0 Å². The van der Waals surface area contributed by atoms with Crippen LogP contribution in [0.5, 0.6) is 0 Å². The Bertz CT molecular complexity index is 584. The maximum atomic E-state index is 13.8. The molecule has 5 unspecified atom stereocenters. The fraction of sp³-hybridized carbons (Fsp3) is 0.950. The van der Waals surface area contributed by atoms with Gasteiger partial charge in [0.25, 0.3) is 0 Å². The Labute approximate surface area is 149 Å². The van der Waals surface area contributed by atoms with Gasteiger partial charge in [-0.05, 0) is 53.8 Å². The Morgan fingerprint density at radius 1 is 1.04 bits per heavy atom. The minimum atomic E-state index is -0.167. The van der Waals surface area contributed by atoms with Crippen molar-refractivity contribution in [2.45, 2.75) is 84.5 Å². The van der Waals surface area contributed by atoms with Crippen LogP contribution in [0.3, 0.4) is 0 Å². The Morgan fingerprint density at radius 3 is 2.22 bits per heavy atom. The molecule has 3 heteroatoms. The van der Waals surface area contributed by atoms with Crippen LogP contribution in [-0.2, 0) is 4.79 Å². The lowest BCUT2D eigenvalue weighted by atomic mass is 9.43. The van der Waals surface area contributed by atoms with Gasteiger partial charge in [0.2, 0.25) is 5.91 Å². The summed E-state index contributed by atoms with van der Waals surface area (Å²) in [6.07, 6.45) is 5.89. The summed E-state index contributed by atoms with van der Waals surface area (Å²) in [5.74, 6) is 0.464. The molecular formula is C20H32BrNO. The largest absolute Gasteiger partial charge is 0.339 e.